The average molecular weight is 173 g/mol. The van der Waals surface area contributed by atoms with Gasteiger partial charge >= 0.3 is 0 Å². The molecule has 0 fully saturated rings. The van der Waals surface area contributed by atoms with Crippen molar-refractivity contribution in [1.82, 2.24) is 10.2 Å². The van der Waals surface area contributed by atoms with Gasteiger partial charge in [0, 0.05) is 17.8 Å². The number of fused-ring (bicyclic) bond motifs is 1. The predicted octanol–water partition coefficient (Wildman–Crippen LogP) is 1.98. The Bertz CT molecular complexity index is 437. The molecule has 0 aliphatic carbocycles. The van der Waals surface area contributed by atoms with Crippen LogP contribution in [0.2, 0.25) is 0 Å². The molecule has 0 aliphatic rings. The Balaban J connectivity index is 2.77. The number of aryl methyl sites for hydroxylation is 1. The lowest BCUT2D eigenvalue weighted by Crippen LogP contribution is -1.95. The van der Waals surface area contributed by atoms with Gasteiger partial charge in [0.15, 0.2) is 5.82 Å². The zero-order valence-electron chi connectivity index (χ0n) is 7.70. The summed E-state index contributed by atoms with van der Waals surface area (Å²) < 4.78 is 0. The Morgan fingerprint density at radius 2 is 2.15 bits per heavy atom. The highest BCUT2D eigenvalue weighted by Crippen LogP contribution is 2.20. The van der Waals surface area contributed by atoms with Gasteiger partial charge in [-0.2, -0.15) is 5.10 Å². The maximum atomic E-state index is 3.99. The zero-order valence-corrected chi connectivity index (χ0v) is 7.70. The fraction of sp³-hybridized carbons (Fsp3) is 0.200. The van der Waals surface area contributed by atoms with E-state index in [1.54, 1.807) is 6.20 Å². The molecule has 3 nitrogen and oxygen atoms in total. The first-order chi connectivity index (χ1) is 6.31. The Morgan fingerprint density at radius 1 is 1.31 bits per heavy atom. The molecule has 1 aromatic carbocycles. The van der Waals surface area contributed by atoms with E-state index < -0.39 is 0 Å². The topological polar surface area (TPSA) is 37.8 Å². The third kappa shape index (κ3) is 1.33. The molecule has 0 aliphatic heterocycles. The lowest BCUT2D eigenvalue weighted by atomic mass is 10.1. The molecule has 0 saturated carbocycles. The monoisotopic (exact) mass is 173 g/mol. The van der Waals surface area contributed by atoms with Crippen molar-refractivity contribution >= 4 is 16.6 Å². The molecule has 13 heavy (non-hydrogen) atoms. The van der Waals surface area contributed by atoms with Crippen molar-refractivity contribution in [3.8, 4) is 0 Å². The van der Waals surface area contributed by atoms with Crippen molar-refractivity contribution in [2.24, 2.45) is 0 Å². The maximum Gasteiger partial charge on any atom is 0.156 e. The van der Waals surface area contributed by atoms with Gasteiger partial charge in [-0.15, -0.1) is 5.10 Å². The largest absolute Gasteiger partial charge is 0.371 e. The summed E-state index contributed by atoms with van der Waals surface area (Å²) in [7, 11) is 1.85. The Kier molecular flexibility index (Phi) is 1.85. The molecule has 0 bridgehead atoms. The van der Waals surface area contributed by atoms with Crippen LogP contribution in [-0.4, -0.2) is 17.2 Å². The molecule has 3 heteroatoms. The lowest BCUT2D eigenvalue weighted by molar-refractivity contribution is 1.05. The minimum Gasteiger partial charge on any atom is -0.371 e. The van der Waals surface area contributed by atoms with Crippen LogP contribution in [0.4, 0.5) is 5.82 Å². The highest BCUT2D eigenvalue weighted by atomic mass is 15.2. The van der Waals surface area contributed by atoms with E-state index in [1.807, 2.05) is 7.05 Å². The number of hydrogen-bond acceptors (Lipinski definition) is 3. The highest BCUT2D eigenvalue weighted by Gasteiger charge is 2.00. The van der Waals surface area contributed by atoms with Crippen LogP contribution in [-0.2, 0) is 0 Å². The average Bonchev–Trinajstić information content (AvgIpc) is 2.16. The van der Waals surface area contributed by atoms with Crippen LogP contribution in [0.15, 0.2) is 24.4 Å². The number of hydrogen-bond donors (Lipinski definition) is 1. The maximum absolute atomic E-state index is 3.99. The molecule has 2 aromatic rings. The summed E-state index contributed by atoms with van der Waals surface area (Å²) in [5, 5.41) is 13.2. The summed E-state index contributed by atoms with van der Waals surface area (Å²) in [5.74, 6) is 0.831. The lowest BCUT2D eigenvalue weighted by Gasteiger charge is -2.03. The summed E-state index contributed by atoms with van der Waals surface area (Å²) in [6.45, 7) is 2.07. The second-order valence-electron chi connectivity index (χ2n) is 3.03. The van der Waals surface area contributed by atoms with Crippen molar-refractivity contribution < 1.29 is 0 Å². The first-order valence-electron chi connectivity index (χ1n) is 4.21. The zero-order chi connectivity index (χ0) is 9.26. The number of anilines is 1. The third-order valence-corrected chi connectivity index (χ3v) is 2.05. The minimum atomic E-state index is 0.831. The van der Waals surface area contributed by atoms with Crippen molar-refractivity contribution in [2.45, 2.75) is 6.92 Å². The van der Waals surface area contributed by atoms with E-state index in [0.717, 1.165) is 16.6 Å². The van der Waals surface area contributed by atoms with Crippen LogP contribution >= 0.6 is 0 Å². The summed E-state index contributed by atoms with van der Waals surface area (Å²) >= 11 is 0. The van der Waals surface area contributed by atoms with Gasteiger partial charge in [0.2, 0.25) is 0 Å². The molecule has 66 valence electrons. The summed E-state index contributed by atoms with van der Waals surface area (Å²) in [6, 6.07) is 6.24. The molecule has 0 saturated heterocycles. The second kappa shape index (κ2) is 3.01. The fourth-order valence-corrected chi connectivity index (χ4v) is 1.39. The molecule has 2 rings (SSSR count). The summed E-state index contributed by atoms with van der Waals surface area (Å²) in [5.41, 5.74) is 1.24. The van der Waals surface area contributed by atoms with E-state index in [2.05, 4.69) is 40.6 Å². The quantitative estimate of drug-likeness (QED) is 0.716. The number of rotatable bonds is 1. The van der Waals surface area contributed by atoms with Gasteiger partial charge < -0.3 is 5.32 Å². The molecule has 0 radical (unpaired) electrons. The van der Waals surface area contributed by atoms with E-state index in [9.17, 15) is 0 Å². The fourth-order valence-electron chi connectivity index (χ4n) is 1.39. The third-order valence-electron chi connectivity index (χ3n) is 2.05. The number of benzene rings is 1. The summed E-state index contributed by atoms with van der Waals surface area (Å²) in [6.07, 6.45) is 1.78. The molecule has 0 spiro atoms. The molecule has 0 atom stereocenters. The van der Waals surface area contributed by atoms with Crippen molar-refractivity contribution in [1.29, 1.82) is 0 Å². The van der Waals surface area contributed by atoms with E-state index in [-0.39, 0.29) is 0 Å². The van der Waals surface area contributed by atoms with Crippen molar-refractivity contribution in [3.05, 3.63) is 30.0 Å². The number of nitrogens with one attached hydrogen (secondary N) is 1. The molecular weight excluding hydrogens is 162 g/mol. The molecule has 1 N–H and O–H groups in total. The van der Waals surface area contributed by atoms with E-state index in [0.29, 0.717) is 0 Å². The van der Waals surface area contributed by atoms with Crippen LogP contribution in [0.3, 0.4) is 0 Å². The molecular formula is C10H11N3. The van der Waals surface area contributed by atoms with Crippen molar-refractivity contribution in [2.75, 3.05) is 12.4 Å². The van der Waals surface area contributed by atoms with E-state index in [4.69, 9.17) is 0 Å². The number of aromatic nitrogens is 2. The number of nitrogens with zero attached hydrogens (tertiary/aromatic N) is 2. The van der Waals surface area contributed by atoms with E-state index in [1.165, 1.54) is 5.56 Å². The van der Waals surface area contributed by atoms with Crippen molar-refractivity contribution in [3.63, 3.8) is 0 Å². The van der Waals surface area contributed by atoms with Gasteiger partial charge in [-0.1, -0.05) is 17.7 Å². The van der Waals surface area contributed by atoms with Crippen LogP contribution in [0, 0.1) is 6.92 Å². The SMILES string of the molecule is CNc1nncc2cc(C)ccc12. The first-order valence-corrected chi connectivity index (χ1v) is 4.21. The second-order valence-corrected chi connectivity index (χ2v) is 3.03. The Morgan fingerprint density at radius 3 is 2.92 bits per heavy atom. The minimum absolute atomic E-state index is 0.831. The van der Waals surface area contributed by atoms with Gasteiger partial charge in [0.25, 0.3) is 0 Å². The summed E-state index contributed by atoms with van der Waals surface area (Å²) in [4.78, 5) is 0. The molecule has 0 unspecified atom stereocenters. The van der Waals surface area contributed by atoms with Crippen LogP contribution in [0.25, 0.3) is 10.8 Å². The normalized spacial score (nSPS) is 10.3. The molecule has 1 heterocycles. The van der Waals surface area contributed by atoms with Gasteiger partial charge in [0.1, 0.15) is 0 Å². The van der Waals surface area contributed by atoms with E-state index >= 15 is 0 Å². The highest BCUT2D eigenvalue weighted by molar-refractivity contribution is 5.91. The smallest absolute Gasteiger partial charge is 0.156 e. The Labute approximate surface area is 76.8 Å². The standard InChI is InChI=1S/C10H11N3/c1-7-3-4-9-8(5-7)6-12-13-10(9)11-2/h3-6H,1-2H3,(H,11,13). The first kappa shape index (κ1) is 7.98. The molecule has 0 amide bonds. The molecule has 1 aromatic heterocycles. The predicted molar refractivity (Wildman–Crippen MR) is 53.8 cm³/mol. The van der Waals surface area contributed by atoms with Gasteiger partial charge in [0.05, 0.1) is 6.20 Å². The van der Waals surface area contributed by atoms with Crippen LogP contribution in [0.1, 0.15) is 5.56 Å². The van der Waals surface area contributed by atoms with Gasteiger partial charge in [-0.05, 0) is 13.0 Å². The van der Waals surface area contributed by atoms with Crippen LogP contribution < -0.4 is 5.32 Å². The Hall–Kier alpha value is -1.64. The van der Waals surface area contributed by atoms with Crippen LogP contribution in [0.5, 0.6) is 0 Å². The van der Waals surface area contributed by atoms with Gasteiger partial charge in [-0.3, -0.25) is 0 Å². The van der Waals surface area contributed by atoms with Gasteiger partial charge in [-0.25, -0.2) is 0 Å².